The van der Waals surface area contributed by atoms with Crippen molar-refractivity contribution in [3.05, 3.63) is 64.2 Å². The molecular formula is C18H20ClNO2S. The normalized spacial score (nSPS) is 16.3. The van der Waals surface area contributed by atoms with Gasteiger partial charge >= 0.3 is 0 Å². The summed E-state index contributed by atoms with van der Waals surface area (Å²) in [5, 5.41) is 0.695. The minimum absolute atomic E-state index is 0.0859. The summed E-state index contributed by atoms with van der Waals surface area (Å²) in [6, 6.07) is 12.9. The lowest BCUT2D eigenvalue weighted by Crippen LogP contribution is -2.32. The average Bonchev–Trinajstić information content (AvgIpc) is 3.30. The minimum Gasteiger partial charge on any atom is -0.210 e. The Morgan fingerprint density at radius 3 is 2.26 bits per heavy atom. The van der Waals surface area contributed by atoms with E-state index >= 15 is 0 Å². The molecule has 0 bridgehead atoms. The molecular weight excluding hydrogens is 330 g/mol. The predicted octanol–water partition coefficient (Wildman–Crippen LogP) is 3.97. The van der Waals surface area contributed by atoms with Gasteiger partial charge in [0.25, 0.3) is 0 Å². The Morgan fingerprint density at radius 1 is 1.04 bits per heavy atom. The smallest absolute Gasteiger partial charge is 0.210 e. The first-order chi connectivity index (χ1) is 10.8. The van der Waals surface area contributed by atoms with E-state index in [0.29, 0.717) is 16.5 Å². The van der Waals surface area contributed by atoms with Crippen molar-refractivity contribution < 1.29 is 8.42 Å². The van der Waals surface area contributed by atoms with E-state index in [2.05, 4.69) is 4.72 Å². The lowest BCUT2D eigenvalue weighted by atomic mass is 9.96. The van der Waals surface area contributed by atoms with Crippen LogP contribution < -0.4 is 4.72 Å². The Hall–Kier alpha value is -1.36. The fraction of sp³-hybridized carbons (Fsp3) is 0.333. The fourth-order valence-electron chi connectivity index (χ4n) is 2.72. The van der Waals surface area contributed by atoms with Crippen molar-refractivity contribution in [2.45, 2.75) is 37.0 Å². The van der Waals surface area contributed by atoms with Crippen molar-refractivity contribution in [1.29, 1.82) is 0 Å². The molecule has 0 atom stereocenters. The summed E-state index contributed by atoms with van der Waals surface area (Å²) in [6.07, 6.45) is 1.98. The topological polar surface area (TPSA) is 46.2 Å². The van der Waals surface area contributed by atoms with Gasteiger partial charge in [-0.1, -0.05) is 29.8 Å². The molecule has 1 N–H and O–H groups in total. The highest BCUT2D eigenvalue weighted by molar-refractivity contribution is 7.89. The quantitative estimate of drug-likeness (QED) is 0.887. The van der Waals surface area contributed by atoms with Crippen molar-refractivity contribution >= 4 is 21.6 Å². The van der Waals surface area contributed by atoms with Crippen molar-refractivity contribution in [3.63, 3.8) is 0 Å². The molecule has 0 saturated heterocycles. The molecule has 1 aliphatic carbocycles. The molecule has 0 amide bonds. The van der Waals surface area contributed by atoms with Crippen LogP contribution in [0.1, 0.15) is 29.5 Å². The molecule has 3 nitrogen and oxygen atoms in total. The Balaban J connectivity index is 1.76. The Labute approximate surface area is 142 Å². The van der Waals surface area contributed by atoms with Crippen LogP contribution in [0.4, 0.5) is 0 Å². The zero-order valence-corrected chi connectivity index (χ0v) is 14.8. The first kappa shape index (κ1) is 16.5. The van der Waals surface area contributed by atoms with E-state index in [1.165, 1.54) is 0 Å². The molecule has 5 heteroatoms. The number of sulfonamides is 1. The molecule has 2 aromatic rings. The number of halogens is 1. The molecule has 1 saturated carbocycles. The molecule has 3 rings (SSSR count). The fourth-order valence-corrected chi connectivity index (χ4v) is 4.06. The Kier molecular flexibility index (Phi) is 4.25. The van der Waals surface area contributed by atoms with Crippen LogP contribution in [0.2, 0.25) is 5.02 Å². The summed E-state index contributed by atoms with van der Waals surface area (Å²) in [7, 11) is -3.48. The second-order valence-corrected chi connectivity index (χ2v) is 8.56. The van der Waals surface area contributed by atoms with Gasteiger partial charge in [-0.05, 0) is 67.6 Å². The van der Waals surface area contributed by atoms with E-state index in [1.807, 2.05) is 44.2 Å². The van der Waals surface area contributed by atoms with Crippen LogP contribution in [0.15, 0.2) is 47.4 Å². The van der Waals surface area contributed by atoms with Crippen molar-refractivity contribution in [1.82, 2.24) is 4.72 Å². The van der Waals surface area contributed by atoms with Crippen LogP contribution in [0, 0.1) is 13.8 Å². The molecule has 2 aromatic carbocycles. The molecule has 0 radical (unpaired) electrons. The summed E-state index contributed by atoms with van der Waals surface area (Å²) in [6.45, 7) is 4.31. The van der Waals surface area contributed by atoms with E-state index in [4.69, 9.17) is 11.6 Å². The molecule has 1 aliphatic rings. The highest BCUT2D eigenvalue weighted by atomic mass is 35.5. The van der Waals surface area contributed by atoms with Gasteiger partial charge in [-0.25, -0.2) is 13.1 Å². The lowest BCUT2D eigenvalue weighted by Gasteiger charge is -2.17. The largest absolute Gasteiger partial charge is 0.240 e. The summed E-state index contributed by atoms with van der Waals surface area (Å²) in [5.74, 6) is 0. The molecule has 122 valence electrons. The number of hydrogen-bond acceptors (Lipinski definition) is 2. The predicted molar refractivity (Wildman–Crippen MR) is 93.5 cm³/mol. The summed E-state index contributed by atoms with van der Waals surface area (Å²) in [5.41, 5.74) is 3.12. The third kappa shape index (κ3) is 3.44. The number of nitrogens with one attached hydrogen (secondary N) is 1. The first-order valence-electron chi connectivity index (χ1n) is 7.65. The van der Waals surface area contributed by atoms with E-state index in [9.17, 15) is 8.42 Å². The monoisotopic (exact) mass is 349 g/mol. The lowest BCUT2D eigenvalue weighted by molar-refractivity contribution is 0.567. The summed E-state index contributed by atoms with van der Waals surface area (Å²) < 4.78 is 27.8. The van der Waals surface area contributed by atoms with Gasteiger partial charge in [-0.15, -0.1) is 0 Å². The van der Waals surface area contributed by atoms with Gasteiger partial charge in [0.2, 0.25) is 10.0 Å². The van der Waals surface area contributed by atoms with Gasteiger partial charge in [0.05, 0.1) is 4.90 Å². The van der Waals surface area contributed by atoms with E-state index in [0.717, 1.165) is 29.5 Å². The number of benzene rings is 2. The zero-order chi connectivity index (χ0) is 16.7. The van der Waals surface area contributed by atoms with Crippen molar-refractivity contribution in [2.24, 2.45) is 0 Å². The van der Waals surface area contributed by atoms with Gasteiger partial charge in [-0.3, -0.25) is 0 Å². The summed E-state index contributed by atoms with van der Waals surface area (Å²) in [4.78, 5) is 0.326. The molecule has 23 heavy (non-hydrogen) atoms. The van der Waals surface area contributed by atoms with Crippen molar-refractivity contribution in [2.75, 3.05) is 6.54 Å². The number of hydrogen-bond donors (Lipinski definition) is 1. The van der Waals surface area contributed by atoms with Gasteiger partial charge in [0.1, 0.15) is 0 Å². The third-order valence-electron chi connectivity index (χ3n) is 4.70. The average molecular weight is 350 g/mol. The maximum absolute atomic E-state index is 12.5. The van der Waals surface area contributed by atoms with E-state index in [1.54, 1.807) is 12.1 Å². The van der Waals surface area contributed by atoms with Crippen LogP contribution in [0.25, 0.3) is 0 Å². The standard InChI is InChI=1S/C18H20ClNO2S/c1-13-3-8-17(11-14(13)2)23(21,22)20-12-18(9-10-18)15-4-6-16(19)7-5-15/h3-8,11,20H,9-10,12H2,1-2H3. The molecule has 1 fully saturated rings. The van der Waals surface area contributed by atoms with Crippen molar-refractivity contribution in [3.8, 4) is 0 Å². The molecule has 0 spiro atoms. The zero-order valence-electron chi connectivity index (χ0n) is 13.3. The van der Waals surface area contributed by atoms with Crippen LogP contribution >= 0.6 is 11.6 Å². The van der Waals surface area contributed by atoms with Crippen LogP contribution in [0.5, 0.6) is 0 Å². The number of rotatable bonds is 5. The Bertz CT molecular complexity index is 825. The van der Waals surface area contributed by atoms with Gasteiger partial charge in [-0.2, -0.15) is 0 Å². The highest BCUT2D eigenvalue weighted by Gasteiger charge is 2.44. The second-order valence-electron chi connectivity index (χ2n) is 6.36. The van der Waals surface area contributed by atoms with Crippen LogP contribution in [-0.2, 0) is 15.4 Å². The minimum atomic E-state index is -3.48. The summed E-state index contributed by atoms with van der Waals surface area (Å²) >= 11 is 5.93. The second kappa shape index (κ2) is 5.93. The number of aryl methyl sites for hydroxylation is 2. The van der Waals surface area contributed by atoms with E-state index in [-0.39, 0.29) is 5.41 Å². The van der Waals surface area contributed by atoms with Gasteiger partial charge in [0, 0.05) is 17.0 Å². The molecule has 0 aromatic heterocycles. The van der Waals surface area contributed by atoms with Crippen LogP contribution in [0.3, 0.4) is 0 Å². The maximum atomic E-state index is 12.5. The third-order valence-corrected chi connectivity index (χ3v) is 6.35. The van der Waals surface area contributed by atoms with Crippen LogP contribution in [-0.4, -0.2) is 15.0 Å². The van der Waals surface area contributed by atoms with E-state index < -0.39 is 10.0 Å². The Morgan fingerprint density at radius 2 is 1.70 bits per heavy atom. The molecule has 0 heterocycles. The van der Waals surface area contributed by atoms with Gasteiger partial charge < -0.3 is 0 Å². The molecule has 0 aliphatic heterocycles. The maximum Gasteiger partial charge on any atom is 0.240 e. The first-order valence-corrected chi connectivity index (χ1v) is 9.52. The van der Waals surface area contributed by atoms with Gasteiger partial charge in [0.15, 0.2) is 0 Å². The highest BCUT2D eigenvalue weighted by Crippen LogP contribution is 2.48. The molecule has 0 unspecified atom stereocenters. The SMILES string of the molecule is Cc1ccc(S(=O)(=O)NCC2(c3ccc(Cl)cc3)CC2)cc1C.